The molecule has 0 unspecified atom stereocenters. The number of halogens is 3. The van der Waals surface area contributed by atoms with Crippen LogP contribution in [0.5, 0.6) is 5.75 Å². The van der Waals surface area contributed by atoms with Crippen molar-refractivity contribution in [3.8, 4) is 17.0 Å². The fourth-order valence-corrected chi connectivity index (χ4v) is 3.20. The minimum absolute atomic E-state index is 0.130. The number of aromatic hydroxyl groups is 1. The van der Waals surface area contributed by atoms with Gasteiger partial charge in [-0.1, -0.05) is 46.9 Å². The maximum absolute atomic E-state index is 9.56. The first-order chi connectivity index (χ1) is 10.5. The first kappa shape index (κ1) is 15.4. The quantitative estimate of drug-likeness (QED) is 0.537. The molecule has 0 atom stereocenters. The lowest BCUT2D eigenvalue weighted by Gasteiger charge is -2.06. The number of nitrogens with one attached hydrogen (secondary N) is 1. The first-order valence-electron chi connectivity index (χ1n) is 6.19. The highest BCUT2D eigenvalue weighted by Crippen LogP contribution is 2.36. The summed E-state index contributed by atoms with van der Waals surface area (Å²) in [6.07, 6.45) is 0. The van der Waals surface area contributed by atoms with E-state index >= 15 is 0 Å². The van der Waals surface area contributed by atoms with Gasteiger partial charge in [-0.15, -0.1) is 11.3 Å². The van der Waals surface area contributed by atoms with Crippen molar-refractivity contribution in [1.29, 1.82) is 0 Å². The van der Waals surface area contributed by atoms with Crippen molar-refractivity contribution in [3.63, 3.8) is 0 Å². The number of phenolic OH excluding ortho intramolecular Hbond substituents is 1. The molecule has 7 heteroatoms. The molecular weight excluding hydrogens is 363 g/mol. The van der Waals surface area contributed by atoms with Crippen molar-refractivity contribution < 1.29 is 5.11 Å². The largest absolute Gasteiger partial charge is 0.505 e. The lowest BCUT2D eigenvalue weighted by molar-refractivity contribution is 0.476. The summed E-state index contributed by atoms with van der Waals surface area (Å²) in [7, 11) is 0. The van der Waals surface area contributed by atoms with E-state index in [9.17, 15) is 5.11 Å². The minimum Gasteiger partial charge on any atom is -0.505 e. The molecule has 2 aromatic carbocycles. The van der Waals surface area contributed by atoms with Gasteiger partial charge in [-0.2, -0.15) is 0 Å². The number of nitrogens with zero attached hydrogens (tertiary/aromatic N) is 1. The molecule has 112 valence electrons. The zero-order valence-corrected chi connectivity index (χ0v) is 14.1. The summed E-state index contributed by atoms with van der Waals surface area (Å²) in [6.45, 7) is 0. The van der Waals surface area contributed by atoms with E-state index < -0.39 is 0 Å². The summed E-state index contributed by atoms with van der Waals surface area (Å²) in [6, 6.07) is 10.6. The van der Waals surface area contributed by atoms with E-state index in [1.807, 2.05) is 29.6 Å². The van der Waals surface area contributed by atoms with Crippen molar-refractivity contribution in [2.75, 3.05) is 5.32 Å². The molecule has 0 saturated carbocycles. The molecule has 0 saturated heterocycles. The molecular formula is C15H9Cl3N2OS. The summed E-state index contributed by atoms with van der Waals surface area (Å²) in [5.74, 6) is -0.130. The van der Waals surface area contributed by atoms with Crippen LogP contribution in [0.2, 0.25) is 15.1 Å². The van der Waals surface area contributed by atoms with Gasteiger partial charge in [0.1, 0.15) is 0 Å². The van der Waals surface area contributed by atoms with Crippen LogP contribution in [-0.2, 0) is 0 Å². The molecule has 1 heterocycles. The molecule has 0 spiro atoms. The molecule has 1 aromatic heterocycles. The zero-order chi connectivity index (χ0) is 15.7. The first-order valence-corrected chi connectivity index (χ1v) is 8.21. The predicted molar refractivity (Wildman–Crippen MR) is 94.0 cm³/mol. The Morgan fingerprint density at radius 3 is 2.27 bits per heavy atom. The Labute approximate surface area is 146 Å². The third kappa shape index (κ3) is 3.31. The highest BCUT2D eigenvalue weighted by atomic mass is 35.5. The minimum atomic E-state index is -0.130. The molecule has 22 heavy (non-hydrogen) atoms. The predicted octanol–water partition coefficient (Wildman–Crippen LogP) is 6.22. The lowest BCUT2D eigenvalue weighted by Crippen LogP contribution is -1.90. The maximum Gasteiger partial charge on any atom is 0.187 e. The van der Waals surface area contributed by atoms with Crippen molar-refractivity contribution in [1.82, 2.24) is 4.98 Å². The van der Waals surface area contributed by atoms with Crippen LogP contribution < -0.4 is 5.32 Å². The monoisotopic (exact) mass is 370 g/mol. The normalized spacial score (nSPS) is 10.7. The van der Waals surface area contributed by atoms with Crippen molar-refractivity contribution in [3.05, 3.63) is 56.8 Å². The third-order valence-corrected chi connectivity index (χ3v) is 4.50. The summed E-state index contributed by atoms with van der Waals surface area (Å²) in [5.41, 5.74) is 2.49. The Kier molecular flexibility index (Phi) is 4.45. The van der Waals surface area contributed by atoms with Crippen LogP contribution >= 0.6 is 46.1 Å². The molecule has 2 N–H and O–H groups in total. The van der Waals surface area contributed by atoms with Gasteiger partial charge in [0, 0.05) is 21.7 Å². The van der Waals surface area contributed by atoms with E-state index in [2.05, 4.69) is 10.3 Å². The van der Waals surface area contributed by atoms with Crippen LogP contribution in [0.15, 0.2) is 41.8 Å². The highest BCUT2D eigenvalue weighted by Gasteiger charge is 2.09. The third-order valence-electron chi connectivity index (χ3n) is 2.91. The second-order valence-electron chi connectivity index (χ2n) is 4.46. The molecule has 3 rings (SSSR count). The van der Waals surface area contributed by atoms with E-state index in [0.29, 0.717) is 15.8 Å². The van der Waals surface area contributed by atoms with Crippen molar-refractivity contribution in [2.24, 2.45) is 0 Å². The zero-order valence-electron chi connectivity index (χ0n) is 11.0. The van der Waals surface area contributed by atoms with Gasteiger partial charge in [0.2, 0.25) is 0 Å². The second kappa shape index (κ2) is 6.34. The summed E-state index contributed by atoms with van der Waals surface area (Å²) in [4.78, 5) is 4.50. The van der Waals surface area contributed by atoms with Crippen LogP contribution in [0, 0.1) is 0 Å². The van der Waals surface area contributed by atoms with Crippen LogP contribution in [0.3, 0.4) is 0 Å². The average molecular weight is 372 g/mol. The van der Waals surface area contributed by atoms with Crippen molar-refractivity contribution in [2.45, 2.75) is 0 Å². The standard InChI is InChI=1S/C15H9Cl3N2OS/c16-9-3-1-8(2-4-9)13-7-22-15(20-13)19-10-5-11(17)14(21)12(18)6-10/h1-7,21H,(H,19,20). The van der Waals surface area contributed by atoms with Crippen molar-refractivity contribution >= 4 is 57.0 Å². The van der Waals surface area contributed by atoms with Gasteiger partial charge >= 0.3 is 0 Å². The van der Waals surface area contributed by atoms with Crippen LogP contribution in [-0.4, -0.2) is 10.1 Å². The average Bonchev–Trinajstić information content (AvgIpc) is 2.94. The van der Waals surface area contributed by atoms with Gasteiger partial charge in [0.05, 0.1) is 15.7 Å². The Hall–Kier alpha value is -1.46. The van der Waals surface area contributed by atoms with Crippen LogP contribution in [0.25, 0.3) is 11.3 Å². The lowest BCUT2D eigenvalue weighted by atomic mass is 10.2. The Balaban J connectivity index is 1.84. The van der Waals surface area contributed by atoms with Gasteiger partial charge in [-0.3, -0.25) is 0 Å². The van der Waals surface area contributed by atoms with Gasteiger partial charge in [0.15, 0.2) is 10.9 Å². The summed E-state index contributed by atoms with van der Waals surface area (Å²) >= 11 is 19.1. The molecule has 0 bridgehead atoms. The van der Waals surface area contributed by atoms with E-state index in [-0.39, 0.29) is 15.8 Å². The number of benzene rings is 2. The smallest absolute Gasteiger partial charge is 0.187 e. The number of aromatic nitrogens is 1. The topological polar surface area (TPSA) is 45.1 Å². The van der Waals surface area contributed by atoms with Gasteiger partial charge in [-0.25, -0.2) is 4.98 Å². The number of phenols is 1. The number of hydrogen-bond acceptors (Lipinski definition) is 4. The molecule has 0 fully saturated rings. The highest BCUT2D eigenvalue weighted by molar-refractivity contribution is 7.14. The molecule has 3 nitrogen and oxygen atoms in total. The molecule has 0 radical (unpaired) electrons. The van der Waals surface area contributed by atoms with E-state index in [1.54, 1.807) is 12.1 Å². The number of hydrogen-bond donors (Lipinski definition) is 2. The number of thiazole rings is 1. The van der Waals surface area contributed by atoms with Gasteiger partial charge < -0.3 is 10.4 Å². The Morgan fingerprint density at radius 2 is 1.64 bits per heavy atom. The molecule has 0 aliphatic heterocycles. The van der Waals surface area contributed by atoms with E-state index in [4.69, 9.17) is 34.8 Å². The molecule has 3 aromatic rings. The number of rotatable bonds is 3. The van der Waals surface area contributed by atoms with E-state index in [0.717, 1.165) is 11.3 Å². The molecule has 0 aliphatic rings. The second-order valence-corrected chi connectivity index (χ2v) is 6.57. The fourth-order valence-electron chi connectivity index (χ4n) is 1.85. The summed E-state index contributed by atoms with van der Waals surface area (Å²) in [5, 5.41) is 16.4. The summed E-state index contributed by atoms with van der Waals surface area (Å²) < 4.78 is 0. The van der Waals surface area contributed by atoms with E-state index in [1.165, 1.54) is 11.3 Å². The van der Waals surface area contributed by atoms with Crippen LogP contribution in [0.1, 0.15) is 0 Å². The molecule has 0 aliphatic carbocycles. The number of anilines is 2. The van der Waals surface area contributed by atoms with Gasteiger partial charge in [-0.05, 0) is 24.3 Å². The molecule has 0 amide bonds. The van der Waals surface area contributed by atoms with Gasteiger partial charge in [0.25, 0.3) is 0 Å². The fraction of sp³-hybridized carbons (Fsp3) is 0. The Morgan fingerprint density at radius 1 is 1.00 bits per heavy atom. The maximum atomic E-state index is 9.56. The van der Waals surface area contributed by atoms with Crippen LogP contribution in [0.4, 0.5) is 10.8 Å². The SMILES string of the molecule is Oc1c(Cl)cc(Nc2nc(-c3ccc(Cl)cc3)cs2)cc1Cl. The Bertz CT molecular complexity index is 795.